The van der Waals surface area contributed by atoms with Crippen LogP contribution in [-0.2, 0) is 0 Å². The minimum absolute atomic E-state index is 0.0570. The van der Waals surface area contributed by atoms with Crippen LogP contribution in [0.3, 0.4) is 0 Å². The topological polar surface area (TPSA) is 19.7 Å². The van der Waals surface area contributed by atoms with Gasteiger partial charge in [0.25, 0.3) is 13.4 Å². The predicted octanol–water partition coefficient (Wildman–Crippen LogP) is 10.0. The minimum Gasteiger partial charge on any atom is -0.310 e. The maximum atomic E-state index is 2.61. The molecule has 0 saturated carbocycles. The smallest absolute Gasteiger partial charge is 0.252 e. The Morgan fingerprint density at radius 1 is 0.273 bits per heavy atom. The molecule has 0 fully saturated rings. The van der Waals surface area contributed by atoms with Crippen molar-refractivity contribution in [2.45, 2.75) is 0 Å². The van der Waals surface area contributed by atoms with Crippen LogP contribution in [0.5, 0.6) is 0 Å². The summed E-state index contributed by atoms with van der Waals surface area (Å²) in [6, 6.07) is 74.1. The second kappa shape index (κ2) is 11.1. The zero-order chi connectivity index (χ0) is 42.3. The third kappa shape index (κ3) is 3.52. The number of benzene rings is 10. The fourth-order valence-corrected chi connectivity index (χ4v) is 14.0. The summed E-state index contributed by atoms with van der Waals surface area (Å²) in [7, 11) is 0. The van der Waals surface area contributed by atoms with E-state index in [2.05, 4.69) is 212 Å². The van der Waals surface area contributed by atoms with Crippen LogP contribution >= 0.6 is 0 Å². The van der Waals surface area contributed by atoms with Crippen LogP contribution in [0, 0.1) is 0 Å². The normalized spacial score (nSPS) is 13.7. The number of hydrogen-bond acceptors (Lipinski definition) is 0. The maximum absolute atomic E-state index is 2.61. The fraction of sp³-hybridized carbons (Fsp3) is 0. The summed E-state index contributed by atoms with van der Waals surface area (Å²) >= 11 is 0. The van der Waals surface area contributed by atoms with Crippen molar-refractivity contribution < 1.29 is 0 Å². The van der Waals surface area contributed by atoms with E-state index in [4.69, 9.17) is 0 Å². The molecule has 18 rings (SSSR count). The van der Waals surface area contributed by atoms with Gasteiger partial charge in [-0.15, -0.1) is 0 Å². The molecule has 0 saturated heterocycles. The summed E-state index contributed by atoms with van der Waals surface area (Å²) in [5, 5.41) is 10.5. The first-order valence-electron chi connectivity index (χ1n) is 23.3. The summed E-state index contributed by atoms with van der Waals surface area (Å²) in [5.41, 5.74) is 26.3. The second-order valence-electron chi connectivity index (χ2n) is 19.1. The van der Waals surface area contributed by atoms with E-state index in [0.717, 1.165) is 0 Å². The first-order chi connectivity index (χ1) is 32.8. The molecule has 0 aliphatic carbocycles. The van der Waals surface area contributed by atoms with Crippen molar-refractivity contribution in [2.24, 2.45) is 0 Å². The number of para-hydroxylation sites is 6. The van der Waals surface area contributed by atoms with E-state index in [1.165, 1.54) is 154 Å². The molecule has 0 unspecified atom stereocenters. The molecule has 4 aliphatic heterocycles. The van der Waals surface area contributed by atoms with Crippen LogP contribution in [-0.4, -0.2) is 31.7 Å². The van der Waals surface area contributed by atoms with Gasteiger partial charge in [-0.2, -0.15) is 0 Å². The number of hydrogen-bond donors (Lipinski definition) is 0. The molecule has 0 N–H and O–H groups in total. The number of rotatable bonds is 1. The Labute approximate surface area is 377 Å². The molecule has 0 spiro atoms. The quantitative estimate of drug-likeness (QED) is 0.147. The van der Waals surface area contributed by atoms with Crippen molar-refractivity contribution in [3.8, 4) is 33.9 Å². The lowest BCUT2D eigenvalue weighted by Gasteiger charge is -2.33. The lowest BCUT2D eigenvalue weighted by atomic mass is 9.34. The van der Waals surface area contributed by atoms with E-state index in [-0.39, 0.29) is 13.4 Å². The molecule has 66 heavy (non-hydrogen) atoms. The number of fused-ring (bicyclic) bond motifs is 23. The Balaban J connectivity index is 1.02. The Bertz CT molecular complexity index is 4670. The molecular weight excluding hydrogens is 798 g/mol. The van der Waals surface area contributed by atoms with E-state index < -0.39 is 0 Å². The molecule has 4 nitrogen and oxygen atoms in total. The fourth-order valence-electron chi connectivity index (χ4n) is 14.0. The molecule has 6 heteroatoms. The lowest BCUT2D eigenvalue weighted by Crippen LogP contribution is -2.59. The molecule has 10 aromatic carbocycles. The summed E-state index contributed by atoms with van der Waals surface area (Å²) in [6.45, 7) is 0.174. The van der Waals surface area contributed by atoms with Gasteiger partial charge in [-0.05, 0) is 105 Å². The van der Waals surface area contributed by atoms with Crippen LogP contribution in [0.2, 0.25) is 0 Å². The van der Waals surface area contributed by atoms with Gasteiger partial charge in [0.2, 0.25) is 0 Å². The first kappa shape index (κ1) is 33.1. The van der Waals surface area contributed by atoms with Crippen LogP contribution in [0.4, 0.5) is 0 Å². The van der Waals surface area contributed by atoms with E-state index in [0.29, 0.717) is 0 Å². The molecule has 0 atom stereocenters. The second-order valence-corrected chi connectivity index (χ2v) is 19.1. The highest BCUT2D eigenvalue weighted by atomic mass is 15.0. The van der Waals surface area contributed by atoms with Crippen molar-refractivity contribution in [3.63, 3.8) is 0 Å². The van der Waals surface area contributed by atoms with Gasteiger partial charge in [0.15, 0.2) is 0 Å². The first-order valence-corrected chi connectivity index (χ1v) is 23.3. The number of aromatic nitrogens is 4. The summed E-state index contributed by atoms with van der Waals surface area (Å²) in [4.78, 5) is 0. The van der Waals surface area contributed by atoms with Crippen molar-refractivity contribution >= 4 is 133 Å². The molecule has 0 radical (unpaired) electrons. The lowest BCUT2D eigenvalue weighted by molar-refractivity contribution is 1.16. The van der Waals surface area contributed by atoms with Crippen molar-refractivity contribution in [3.05, 3.63) is 194 Å². The highest BCUT2D eigenvalue weighted by Crippen LogP contribution is 2.46. The van der Waals surface area contributed by atoms with Crippen LogP contribution < -0.4 is 32.8 Å². The minimum atomic E-state index is 0.0570. The van der Waals surface area contributed by atoms with Gasteiger partial charge in [-0.1, -0.05) is 133 Å². The predicted molar refractivity (Wildman–Crippen MR) is 279 cm³/mol. The number of nitrogens with zero attached hydrogens (tertiary/aromatic N) is 4. The van der Waals surface area contributed by atoms with Gasteiger partial charge in [0.05, 0.1) is 38.6 Å². The average molecular weight is 831 g/mol. The zero-order valence-electron chi connectivity index (χ0n) is 35.4. The van der Waals surface area contributed by atoms with Crippen molar-refractivity contribution in [2.75, 3.05) is 0 Å². The van der Waals surface area contributed by atoms with Gasteiger partial charge in [-0.3, -0.25) is 0 Å². The van der Waals surface area contributed by atoms with Crippen molar-refractivity contribution in [1.29, 1.82) is 0 Å². The summed E-state index contributed by atoms with van der Waals surface area (Å²) in [5.74, 6) is 0. The largest absolute Gasteiger partial charge is 0.310 e. The Morgan fingerprint density at radius 3 is 1.38 bits per heavy atom. The Kier molecular flexibility index (Phi) is 5.55. The van der Waals surface area contributed by atoms with Crippen LogP contribution in [0.15, 0.2) is 194 Å². The monoisotopic (exact) mass is 830 g/mol. The molecule has 0 amide bonds. The van der Waals surface area contributed by atoms with Gasteiger partial charge < -0.3 is 18.3 Å². The van der Waals surface area contributed by atoms with Crippen molar-refractivity contribution in [1.82, 2.24) is 18.3 Å². The van der Waals surface area contributed by atoms with Gasteiger partial charge >= 0.3 is 0 Å². The highest BCUT2D eigenvalue weighted by molar-refractivity contribution is 7.01. The Morgan fingerprint density at radius 2 is 0.742 bits per heavy atom. The standard InChI is InChI=1S/C60H32B2N4/c1-7-21-46-35(14-1)38-28-29-53-55-58(38)63(46)50-25-11-6-20-44(50)62(55)45-31-33(30-39-36-15-2-9-23-48(36)65(53)57(39)45)34-17-13-27-52-54(34)41-32-40-37-16-3-8-22-47(37)64-49-24-10-4-18-42(49)61-43-19-5-12-26-51(43)66(52)60(41)56(61)59(40)64/h1-32H. The zero-order valence-corrected chi connectivity index (χ0v) is 35.4. The highest BCUT2D eigenvalue weighted by Gasteiger charge is 2.43. The Hall–Kier alpha value is -8.47. The molecule has 4 aromatic heterocycles. The van der Waals surface area contributed by atoms with Gasteiger partial charge in [0, 0.05) is 71.4 Å². The third-order valence-electron chi connectivity index (χ3n) is 16.3. The summed E-state index contributed by atoms with van der Waals surface area (Å²) in [6.07, 6.45) is 0. The van der Waals surface area contributed by atoms with Gasteiger partial charge in [0.1, 0.15) is 0 Å². The van der Waals surface area contributed by atoms with Gasteiger partial charge in [-0.25, -0.2) is 0 Å². The van der Waals surface area contributed by atoms with E-state index >= 15 is 0 Å². The van der Waals surface area contributed by atoms with E-state index in [1.807, 2.05) is 0 Å². The molecular formula is C60H32B2N4. The SMILES string of the molecule is c1ccc2c(c1)B1c3cc(-c4cccc5c4c4cc6c7ccccc7n7c6c6c4n5-c4ccccc4B6c4ccccc4-7)cc4c5ccccc5n(c34)-c3ccc4c5ccccc5n-2c4c31. The van der Waals surface area contributed by atoms with E-state index in [1.54, 1.807) is 0 Å². The van der Waals surface area contributed by atoms with Crippen LogP contribution in [0.1, 0.15) is 0 Å². The molecule has 8 heterocycles. The molecule has 4 aliphatic rings. The molecule has 298 valence electrons. The summed E-state index contributed by atoms with van der Waals surface area (Å²) < 4.78 is 10.3. The third-order valence-corrected chi connectivity index (χ3v) is 16.3. The molecule has 14 aromatic rings. The average Bonchev–Trinajstić information content (AvgIpc) is 4.11. The maximum Gasteiger partial charge on any atom is 0.252 e. The van der Waals surface area contributed by atoms with E-state index in [9.17, 15) is 0 Å². The molecule has 0 bridgehead atoms. The van der Waals surface area contributed by atoms with Crippen LogP contribution in [0.25, 0.3) is 121 Å².